The molecule has 0 amide bonds. The number of aliphatic hydroxyl groups excluding tert-OH is 1. The number of carboxylic acids is 1. The molecule has 5 nitrogen and oxygen atoms in total. The summed E-state index contributed by atoms with van der Waals surface area (Å²) >= 11 is 0. The topological polar surface area (TPSA) is 83.6 Å². The van der Waals surface area contributed by atoms with Crippen LogP contribution in [0.5, 0.6) is 0 Å². The van der Waals surface area contributed by atoms with Crippen LogP contribution in [0.3, 0.4) is 0 Å². The Morgan fingerprint density at radius 1 is 1.39 bits per heavy atom. The normalized spacial score (nSPS) is 12.6. The van der Waals surface area contributed by atoms with Gasteiger partial charge < -0.3 is 14.6 Å². The van der Waals surface area contributed by atoms with Crippen LogP contribution < -0.4 is 0 Å². The molecule has 5 heteroatoms. The molecule has 0 aliphatic carbocycles. The van der Waals surface area contributed by atoms with Crippen LogP contribution >= 0.6 is 0 Å². The second kappa shape index (κ2) is 7.16. The quantitative estimate of drug-likeness (QED) is 0.697. The Bertz CT molecular complexity index is 386. The lowest BCUT2D eigenvalue weighted by Crippen LogP contribution is -2.10. The van der Waals surface area contributed by atoms with Gasteiger partial charge in [-0.3, -0.25) is 0 Å². The Morgan fingerprint density at radius 3 is 2.67 bits per heavy atom. The van der Waals surface area contributed by atoms with Crippen LogP contribution in [0.4, 0.5) is 0 Å². The summed E-state index contributed by atoms with van der Waals surface area (Å²) in [7, 11) is 0. The molecule has 0 radical (unpaired) electrons. The molecule has 0 saturated heterocycles. The second-order valence-corrected chi connectivity index (χ2v) is 4.53. The van der Waals surface area contributed by atoms with Crippen molar-refractivity contribution in [1.82, 2.24) is 4.98 Å². The van der Waals surface area contributed by atoms with E-state index in [1.807, 2.05) is 0 Å². The van der Waals surface area contributed by atoms with Crippen molar-refractivity contribution >= 4 is 5.97 Å². The van der Waals surface area contributed by atoms with Gasteiger partial charge in [0.05, 0.1) is 18.2 Å². The number of rotatable bonds is 8. The average Bonchev–Trinajstić information content (AvgIpc) is 2.66. The minimum absolute atomic E-state index is 0.136. The Kier molecular flexibility index (Phi) is 5.85. The minimum Gasteiger partial charge on any atom is -0.475 e. The van der Waals surface area contributed by atoms with Crippen LogP contribution in [-0.4, -0.2) is 27.3 Å². The lowest BCUT2D eigenvalue weighted by atomic mass is 10.1. The highest BCUT2D eigenvalue weighted by atomic mass is 16.4. The first-order valence-corrected chi connectivity index (χ1v) is 6.42. The largest absolute Gasteiger partial charge is 0.475 e. The second-order valence-electron chi connectivity index (χ2n) is 4.53. The molecule has 18 heavy (non-hydrogen) atoms. The maximum Gasteiger partial charge on any atom is 0.373 e. The zero-order valence-corrected chi connectivity index (χ0v) is 11.0. The molecule has 0 aliphatic rings. The van der Waals surface area contributed by atoms with Crippen molar-refractivity contribution < 1.29 is 19.4 Å². The van der Waals surface area contributed by atoms with Gasteiger partial charge in [-0.1, -0.05) is 32.6 Å². The molecule has 102 valence electrons. The minimum atomic E-state index is -1.12. The number of aryl methyl sites for hydroxylation is 1. The van der Waals surface area contributed by atoms with Gasteiger partial charge in [0.1, 0.15) is 0 Å². The number of aromatic carboxylic acids is 1. The first kappa shape index (κ1) is 14.7. The fourth-order valence-corrected chi connectivity index (χ4v) is 1.85. The summed E-state index contributed by atoms with van der Waals surface area (Å²) in [5, 5.41) is 18.6. The third-order valence-corrected chi connectivity index (χ3v) is 2.84. The van der Waals surface area contributed by atoms with E-state index in [4.69, 9.17) is 9.52 Å². The van der Waals surface area contributed by atoms with E-state index in [1.54, 1.807) is 6.92 Å². The lowest BCUT2D eigenvalue weighted by Gasteiger charge is -2.07. The molecule has 1 rings (SSSR count). The van der Waals surface area contributed by atoms with Crippen molar-refractivity contribution in [1.29, 1.82) is 0 Å². The smallest absolute Gasteiger partial charge is 0.373 e. The Balaban J connectivity index is 2.42. The monoisotopic (exact) mass is 255 g/mol. The SMILES string of the molecule is CCCCCCC(O)Cc1nc(C)c(C(=O)O)o1. The number of hydrogen-bond donors (Lipinski definition) is 2. The molecule has 2 N–H and O–H groups in total. The molecular formula is C13H21NO4. The van der Waals surface area contributed by atoms with Gasteiger partial charge in [-0.25, -0.2) is 9.78 Å². The van der Waals surface area contributed by atoms with E-state index in [2.05, 4.69) is 11.9 Å². The van der Waals surface area contributed by atoms with Gasteiger partial charge in [-0.15, -0.1) is 0 Å². The third-order valence-electron chi connectivity index (χ3n) is 2.84. The standard InChI is InChI=1S/C13H21NO4/c1-3-4-5-6-7-10(15)8-11-14-9(2)12(18-11)13(16)17/h10,15H,3-8H2,1-2H3,(H,16,17). The maximum absolute atomic E-state index is 10.8. The fourth-order valence-electron chi connectivity index (χ4n) is 1.85. The fraction of sp³-hybridized carbons (Fsp3) is 0.692. The number of carbonyl (C=O) groups is 1. The van der Waals surface area contributed by atoms with Crippen molar-refractivity contribution in [2.45, 2.75) is 58.5 Å². The summed E-state index contributed by atoms with van der Waals surface area (Å²) < 4.78 is 5.10. The zero-order valence-electron chi connectivity index (χ0n) is 11.0. The Hall–Kier alpha value is -1.36. The molecule has 0 bridgehead atoms. The predicted octanol–water partition coefficient (Wildman–Crippen LogP) is 2.56. The van der Waals surface area contributed by atoms with Crippen LogP contribution in [0.2, 0.25) is 0 Å². The van der Waals surface area contributed by atoms with Gasteiger partial charge in [0.2, 0.25) is 5.76 Å². The average molecular weight is 255 g/mol. The summed E-state index contributed by atoms with van der Waals surface area (Å²) in [6.45, 7) is 3.73. The Morgan fingerprint density at radius 2 is 2.11 bits per heavy atom. The van der Waals surface area contributed by atoms with Gasteiger partial charge in [0, 0.05) is 0 Å². The molecule has 1 aromatic heterocycles. The van der Waals surface area contributed by atoms with E-state index in [9.17, 15) is 9.90 Å². The molecule has 1 atom stereocenters. The van der Waals surface area contributed by atoms with E-state index in [0.29, 0.717) is 18.0 Å². The van der Waals surface area contributed by atoms with Gasteiger partial charge >= 0.3 is 5.97 Å². The van der Waals surface area contributed by atoms with Gasteiger partial charge in [-0.2, -0.15) is 0 Å². The van der Waals surface area contributed by atoms with Gasteiger partial charge in [0.15, 0.2) is 5.89 Å². The van der Waals surface area contributed by atoms with Gasteiger partial charge in [-0.05, 0) is 13.3 Å². The molecule has 1 aromatic rings. The molecule has 0 saturated carbocycles. The van der Waals surface area contributed by atoms with Crippen molar-refractivity contribution in [3.63, 3.8) is 0 Å². The van der Waals surface area contributed by atoms with Crippen LogP contribution in [-0.2, 0) is 6.42 Å². The Labute approximate surface area is 107 Å². The van der Waals surface area contributed by atoms with Crippen LogP contribution in [0.15, 0.2) is 4.42 Å². The molecule has 0 spiro atoms. The number of aliphatic hydroxyl groups is 1. The highest BCUT2D eigenvalue weighted by Crippen LogP contribution is 2.14. The van der Waals surface area contributed by atoms with Crippen molar-refractivity contribution in [2.24, 2.45) is 0 Å². The highest BCUT2D eigenvalue weighted by molar-refractivity contribution is 5.85. The van der Waals surface area contributed by atoms with Crippen LogP contribution in [0.25, 0.3) is 0 Å². The van der Waals surface area contributed by atoms with Gasteiger partial charge in [0.25, 0.3) is 0 Å². The number of nitrogens with zero attached hydrogens (tertiary/aromatic N) is 1. The molecule has 1 heterocycles. The van der Waals surface area contributed by atoms with E-state index in [0.717, 1.165) is 19.3 Å². The molecule has 0 aromatic carbocycles. The number of aromatic nitrogens is 1. The number of oxazole rings is 1. The molecule has 0 aliphatic heterocycles. The van der Waals surface area contributed by atoms with E-state index in [-0.39, 0.29) is 12.2 Å². The number of unbranched alkanes of at least 4 members (excludes halogenated alkanes) is 3. The van der Waals surface area contributed by atoms with Crippen molar-refractivity contribution in [3.8, 4) is 0 Å². The summed E-state index contributed by atoms with van der Waals surface area (Å²) in [5.74, 6) is -0.959. The van der Waals surface area contributed by atoms with Crippen LogP contribution in [0.1, 0.15) is 61.2 Å². The summed E-state index contributed by atoms with van der Waals surface area (Å²) in [4.78, 5) is 14.8. The molecule has 0 fully saturated rings. The zero-order chi connectivity index (χ0) is 13.5. The van der Waals surface area contributed by atoms with E-state index < -0.39 is 12.1 Å². The van der Waals surface area contributed by atoms with E-state index in [1.165, 1.54) is 6.42 Å². The first-order valence-electron chi connectivity index (χ1n) is 6.42. The summed E-state index contributed by atoms with van der Waals surface area (Å²) in [5.41, 5.74) is 0.357. The third kappa shape index (κ3) is 4.49. The number of carboxylic acid groups (broad SMARTS) is 1. The van der Waals surface area contributed by atoms with E-state index >= 15 is 0 Å². The number of hydrogen-bond acceptors (Lipinski definition) is 4. The molecule has 1 unspecified atom stereocenters. The van der Waals surface area contributed by atoms with Crippen molar-refractivity contribution in [3.05, 3.63) is 17.3 Å². The maximum atomic E-state index is 10.8. The molecular weight excluding hydrogens is 234 g/mol. The van der Waals surface area contributed by atoms with Crippen LogP contribution in [0, 0.1) is 6.92 Å². The highest BCUT2D eigenvalue weighted by Gasteiger charge is 2.17. The lowest BCUT2D eigenvalue weighted by molar-refractivity contribution is 0.0656. The first-order chi connectivity index (χ1) is 8.54. The van der Waals surface area contributed by atoms with Crippen molar-refractivity contribution in [2.75, 3.05) is 0 Å². The summed E-state index contributed by atoms with van der Waals surface area (Å²) in [6.07, 6.45) is 4.88. The predicted molar refractivity (Wildman–Crippen MR) is 66.7 cm³/mol. The summed E-state index contributed by atoms with van der Waals surface area (Å²) in [6, 6.07) is 0.